The van der Waals surface area contributed by atoms with Gasteiger partial charge in [-0.1, -0.05) is 175 Å². The minimum absolute atomic E-state index is 0.344. The molecule has 12 nitrogen and oxygen atoms in total. The minimum Gasteiger partial charge on any atom is -0.386 e. The molecule has 0 aliphatic heterocycles. The zero-order chi connectivity index (χ0) is 61.5. The molecule has 438 valence electrons. The van der Waals surface area contributed by atoms with Gasteiger partial charge in [-0.05, 0) is 163 Å². The number of hydrogen-bond acceptors (Lipinski definition) is 7. The maximum atomic E-state index is 12.7. The van der Waals surface area contributed by atoms with Gasteiger partial charge >= 0.3 is 6.18 Å². The van der Waals surface area contributed by atoms with Crippen LogP contribution >= 0.6 is 0 Å². The SMILES string of the molecule is CC(C)(O)c1ccccc1-c1ccc2nc(/C=C/c3ccccc3)[nH]c2c1.Cc1ccc(/C=C\c2nc3ccc(-c4ccccc4C(C)(C)O)cc3[nH]2)cc1.NS(=O)(=O)Nc1ccccc1-c1ccc2nc(/C=C/c3ccc(C(F)(F)F)cc3)[nH]c2c1. The van der Waals surface area contributed by atoms with E-state index in [1.807, 2.05) is 131 Å². The molecule has 0 fully saturated rings. The Morgan fingerprint density at radius 3 is 1.21 bits per heavy atom. The van der Waals surface area contributed by atoms with Gasteiger partial charge in [-0.3, -0.25) is 4.72 Å². The summed E-state index contributed by atoms with van der Waals surface area (Å²) in [5, 5.41) is 26.1. The van der Waals surface area contributed by atoms with Crippen LogP contribution in [0, 0.1) is 6.92 Å². The van der Waals surface area contributed by atoms with Crippen LogP contribution in [0.3, 0.4) is 0 Å². The number of benzene rings is 9. The van der Waals surface area contributed by atoms with Crippen molar-refractivity contribution < 1.29 is 31.8 Å². The highest BCUT2D eigenvalue weighted by molar-refractivity contribution is 7.90. The zero-order valence-electron chi connectivity index (χ0n) is 48.3. The van der Waals surface area contributed by atoms with Crippen LogP contribution < -0.4 is 9.86 Å². The van der Waals surface area contributed by atoms with Gasteiger partial charge in [0, 0.05) is 5.56 Å². The molecule has 3 heterocycles. The molecular formula is C71H63F3N8O4S. The molecule has 12 rings (SSSR count). The number of nitrogens with one attached hydrogen (secondary N) is 4. The maximum Gasteiger partial charge on any atom is 0.416 e. The van der Waals surface area contributed by atoms with E-state index in [1.165, 1.54) is 17.7 Å². The molecule has 0 unspecified atom stereocenters. The average Bonchev–Trinajstić information content (AvgIpc) is 2.42. The number of nitrogens with zero attached hydrogens (tertiary/aromatic N) is 3. The van der Waals surface area contributed by atoms with E-state index in [0.29, 0.717) is 33.7 Å². The smallest absolute Gasteiger partial charge is 0.386 e. The fraction of sp³-hybridized carbons (Fsp3) is 0.113. The van der Waals surface area contributed by atoms with E-state index in [1.54, 1.807) is 48.6 Å². The predicted molar refractivity (Wildman–Crippen MR) is 348 cm³/mol. The number of H-pyrrole nitrogens is 3. The first kappa shape index (κ1) is 60.2. The Morgan fingerprint density at radius 2 is 0.805 bits per heavy atom. The molecule has 0 aliphatic carbocycles. The molecule has 0 spiro atoms. The lowest BCUT2D eigenvalue weighted by Crippen LogP contribution is -2.22. The number of fused-ring (bicyclic) bond motifs is 3. The van der Waals surface area contributed by atoms with E-state index in [2.05, 4.69) is 108 Å². The van der Waals surface area contributed by atoms with Crippen molar-refractivity contribution in [3.63, 3.8) is 0 Å². The molecule has 87 heavy (non-hydrogen) atoms. The number of alkyl halides is 3. The monoisotopic (exact) mass is 1180 g/mol. The lowest BCUT2D eigenvalue weighted by molar-refractivity contribution is -0.137. The summed E-state index contributed by atoms with van der Waals surface area (Å²) < 4.78 is 63.2. The lowest BCUT2D eigenvalue weighted by Gasteiger charge is -2.21. The van der Waals surface area contributed by atoms with Crippen LogP contribution in [0.25, 0.3) is 103 Å². The number of aryl methyl sites for hydroxylation is 1. The third kappa shape index (κ3) is 15.5. The van der Waals surface area contributed by atoms with Gasteiger partial charge in [0.05, 0.1) is 55.6 Å². The Kier molecular flexibility index (Phi) is 17.5. The number of hydrogen-bond donors (Lipinski definition) is 7. The van der Waals surface area contributed by atoms with Crippen LogP contribution in [0.1, 0.15) is 84.1 Å². The predicted octanol–water partition coefficient (Wildman–Crippen LogP) is 16.6. The molecular weight excluding hydrogens is 1120 g/mol. The van der Waals surface area contributed by atoms with Gasteiger partial charge in [-0.25, -0.2) is 20.1 Å². The number of aliphatic hydroxyl groups is 2. The van der Waals surface area contributed by atoms with E-state index < -0.39 is 33.2 Å². The van der Waals surface area contributed by atoms with Gasteiger partial charge in [0.15, 0.2) is 0 Å². The first-order valence-corrected chi connectivity index (χ1v) is 29.4. The quantitative estimate of drug-likeness (QED) is 0.0596. The standard InChI is InChI=1S/C25H24N2O.C24H22N2O.C22H17F3N4O2S/c1-17-8-10-18(11-9-17)12-15-24-26-22-14-13-19(16-23(22)27-24)20-6-4-5-7-21(20)25(2,3)28;1-24(2,27)20-11-7-6-10-19(20)18-13-14-21-22(16-18)26-23(25-21)15-12-17-8-4-3-5-9-17;23-22(24,25)16-9-5-14(6-10-16)7-12-21-27-19-11-8-15(13-20(19)28-21)17-3-1-2-4-18(17)29-32(26,30)31/h4-16,28H,1-3H3,(H,26,27);3-16,27H,1-2H3,(H,25,26);1-13,29H,(H,27,28)(H2,26,30,31)/b15-12-;15-12+;12-7+. The van der Waals surface area contributed by atoms with Crippen molar-refractivity contribution in [3.8, 4) is 33.4 Å². The van der Waals surface area contributed by atoms with Crippen molar-refractivity contribution in [2.75, 3.05) is 4.72 Å². The van der Waals surface area contributed by atoms with Crippen LogP contribution in [-0.2, 0) is 27.6 Å². The largest absolute Gasteiger partial charge is 0.416 e. The van der Waals surface area contributed by atoms with Crippen LogP contribution in [0.4, 0.5) is 18.9 Å². The number of para-hydroxylation sites is 1. The normalized spacial score (nSPS) is 12.3. The van der Waals surface area contributed by atoms with Gasteiger partial charge in [-0.2, -0.15) is 21.6 Å². The Balaban J connectivity index is 0.000000145. The van der Waals surface area contributed by atoms with Gasteiger partial charge in [0.1, 0.15) is 17.5 Å². The van der Waals surface area contributed by atoms with Crippen LogP contribution in [0.2, 0.25) is 0 Å². The van der Waals surface area contributed by atoms with Gasteiger partial charge in [0.25, 0.3) is 10.2 Å². The Morgan fingerprint density at radius 1 is 0.448 bits per heavy atom. The second kappa shape index (κ2) is 25.3. The highest BCUT2D eigenvalue weighted by atomic mass is 32.2. The second-order valence-corrected chi connectivity index (χ2v) is 23.2. The molecule has 0 radical (unpaired) electrons. The number of rotatable bonds is 13. The van der Waals surface area contributed by atoms with E-state index in [9.17, 15) is 31.8 Å². The molecule has 12 aromatic rings. The number of imidazole rings is 3. The molecule has 9 aromatic carbocycles. The number of aromatic amines is 3. The molecule has 0 amide bonds. The molecule has 0 saturated heterocycles. The van der Waals surface area contributed by atoms with Gasteiger partial charge in [0.2, 0.25) is 0 Å². The number of halogens is 3. The second-order valence-electron chi connectivity index (χ2n) is 21.9. The third-order valence-electron chi connectivity index (χ3n) is 14.2. The lowest BCUT2D eigenvalue weighted by atomic mass is 9.89. The minimum atomic E-state index is -4.37. The van der Waals surface area contributed by atoms with Gasteiger partial charge in [-0.15, -0.1) is 0 Å². The molecule has 0 aliphatic rings. The van der Waals surface area contributed by atoms with Gasteiger partial charge < -0.3 is 25.2 Å². The molecule has 8 N–H and O–H groups in total. The van der Waals surface area contributed by atoms with E-state index in [4.69, 9.17) is 5.14 Å². The molecule has 0 bridgehead atoms. The van der Waals surface area contributed by atoms with Crippen LogP contribution in [0.15, 0.2) is 206 Å². The van der Waals surface area contributed by atoms with Crippen molar-refractivity contribution >= 4 is 85.5 Å². The van der Waals surface area contributed by atoms with E-state index in [0.717, 1.165) is 95.9 Å². The summed E-state index contributed by atoms with van der Waals surface area (Å²) in [6.07, 6.45) is 7.03. The highest BCUT2D eigenvalue weighted by Crippen LogP contribution is 2.36. The molecule has 0 saturated carbocycles. The summed E-state index contributed by atoms with van der Waals surface area (Å²) >= 11 is 0. The first-order chi connectivity index (χ1) is 41.5. The zero-order valence-corrected chi connectivity index (χ0v) is 49.1. The molecule has 3 aromatic heterocycles. The topological polar surface area (TPSA) is 199 Å². The fourth-order valence-electron chi connectivity index (χ4n) is 9.89. The highest BCUT2D eigenvalue weighted by Gasteiger charge is 2.30. The van der Waals surface area contributed by atoms with E-state index >= 15 is 0 Å². The van der Waals surface area contributed by atoms with E-state index in [-0.39, 0.29) is 0 Å². The number of aromatic nitrogens is 6. The molecule has 0 atom stereocenters. The Hall–Kier alpha value is -9.97. The van der Waals surface area contributed by atoms with Crippen LogP contribution in [0.5, 0.6) is 0 Å². The molecule has 16 heteroatoms. The summed E-state index contributed by atoms with van der Waals surface area (Å²) in [7, 11) is -3.93. The Labute approximate surface area is 502 Å². The summed E-state index contributed by atoms with van der Waals surface area (Å²) in [5.41, 5.74) is 14.5. The first-order valence-electron chi connectivity index (χ1n) is 27.9. The van der Waals surface area contributed by atoms with Crippen LogP contribution in [-0.4, -0.2) is 48.5 Å². The van der Waals surface area contributed by atoms with Crippen molar-refractivity contribution in [1.29, 1.82) is 0 Å². The summed E-state index contributed by atoms with van der Waals surface area (Å²) in [5.74, 6) is 2.17. The third-order valence-corrected chi connectivity index (χ3v) is 14.7. The number of nitrogens with two attached hydrogens (primary N) is 1. The Bertz CT molecular complexity index is 4590. The van der Waals surface area contributed by atoms with Crippen molar-refractivity contribution in [2.24, 2.45) is 5.14 Å². The number of anilines is 1. The maximum absolute atomic E-state index is 12.7. The van der Waals surface area contributed by atoms with Crippen molar-refractivity contribution in [2.45, 2.75) is 52.0 Å². The van der Waals surface area contributed by atoms with Crippen molar-refractivity contribution in [1.82, 2.24) is 29.9 Å². The summed E-state index contributed by atoms with van der Waals surface area (Å²) in [6.45, 7) is 9.34. The fourth-order valence-corrected chi connectivity index (χ4v) is 10.4. The summed E-state index contributed by atoms with van der Waals surface area (Å²) in [6, 6.07) is 63.9. The van der Waals surface area contributed by atoms with Crippen molar-refractivity contribution in [3.05, 3.63) is 263 Å². The average molecular weight is 1180 g/mol. The summed E-state index contributed by atoms with van der Waals surface area (Å²) in [4.78, 5) is 23.6.